The molecule has 0 aliphatic carbocycles. The molecule has 0 fully saturated rings. The molecule has 4 nitrogen and oxygen atoms in total. The highest BCUT2D eigenvalue weighted by Gasteiger charge is 2.13. The van der Waals surface area contributed by atoms with Crippen molar-refractivity contribution in [3.8, 4) is 0 Å². The van der Waals surface area contributed by atoms with Crippen LogP contribution in [0.15, 0.2) is 6.07 Å². The van der Waals surface area contributed by atoms with E-state index in [1.807, 2.05) is 11.7 Å². The van der Waals surface area contributed by atoms with Crippen molar-refractivity contribution in [2.24, 2.45) is 12.8 Å². The Labute approximate surface area is 115 Å². The number of aromatic nitrogens is 2. The molecule has 0 saturated heterocycles. The molecule has 1 aromatic rings. The lowest BCUT2D eigenvalue weighted by Gasteiger charge is -2.26. The Morgan fingerprint density at radius 2 is 2.22 bits per heavy atom. The van der Waals surface area contributed by atoms with Gasteiger partial charge in [0.1, 0.15) is 0 Å². The summed E-state index contributed by atoms with van der Waals surface area (Å²) in [6.45, 7) is 8.30. The summed E-state index contributed by atoms with van der Waals surface area (Å²) >= 11 is 4.95. The molecule has 0 atom stereocenters. The van der Waals surface area contributed by atoms with Crippen LogP contribution in [0, 0.1) is 0 Å². The Morgan fingerprint density at radius 1 is 1.56 bits per heavy atom. The van der Waals surface area contributed by atoms with E-state index in [0.29, 0.717) is 11.0 Å². The molecule has 102 valence electrons. The van der Waals surface area contributed by atoms with Gasteiger partial charge in [-0.2, -0.15) is 5.10 Å². The highest BCUT2D eigenvalue weighted by molar-refractivity contribution is 7.80. The molecule has 0 unspecified atom stereocenters. The summed E-state index contributed by atoms with van der Waals surface area (Å²) in [7, 11) is 2.00. The van der Waals surface area contributed by atoms with Gasteiger partial charge in [0, 0.05) is 32.6 Å². The zero-order valence-corrected chi connectivity index (χ0v) is 12.6. The topological polar surface area (TPSA) is 47.1 Å². The maximum absolute atomic E-state index is 5.58. The summed E-state index contributed by atoms with van der Waals surface area (Å²) in [4.78, 5) is 2.95. The molecule has 2 N–H and O–H groups in total. The molecular formula is C13H24N4S. The second-order valence-electron chi connectivity index (χ2n) is 4.88. The fraction of sp³-hybridized carbons (Fsp3) is 0.692. The van der Waals surface area contributed by atoms with Gasteiger partial charge in [0.15, 0.2) is 0 Å². The maximum Gasteiger partial charge on any atom is 0.0740 e. The Morgan fingerprint density at radius 3 is 2.67 bits per heavy atom. The monoisotopic (exact) mass is 268 g/mol. The van der Waals surface area contributed by atoms with E-state index in [4.69, 9.17) is 18.0 Å². The van der Waals surface area contributed by atoms with Gasteiger partial charge in [-0.05, 0) is 26.3 Å². The number of aryl methyl sites for hydroxylation is 2. The number of hydrogen-bond donors (Lipinski definition) is 1. The molecule has 0 bridgehead atoms. The van der Waals surface area contributed by atoms with Crippen LogP contribution in [0.5, 0.6) is 0 Å². The average molecular weight is 268 g/mol. The van der Waals surface area contributed by atoms with Crippen molar-refractivity contribution in [3.63, 3.8) is 0 Å². The van der Waals surface area contributed by atoms with Crippen molar-refractivity contribution < 1.29 is 0 Å². The fourth-order valence-electron chi connectivity index (χ4n) is 1.87. The van der Waals surface area contributed by atoms with E-state index in [9.17, 15) is 0 Å². The molecule has 0 aliphatic heterocycles. The Hall–Kier alpha value is -0.940. The normalized spacial score (nSPS) is 11.4. The minimum atomic E-state index is 0.472. The molecule has 18 heavy (non-hydrogen) atoms. The van der Waals surface area contributed by atoms with Crippen LogP contribution < -0.4 is 5.73 Å². The van der Waals surface area contributed by atoms with Gasteiger partial charge in [-0.15, -0.1) is 0 Å². The number of nitrogens with zero attached hydrogens (tertiary/aromatic N) is 3. The number of rotatable bonds is 7. The largest absolute Gasteiger partial charge is 0.393 e. The first kappa shape index (κ1) is 15.1. The molecule has 5 heteroatoms. The van der Waals surface area contributed by atoms with E-state index in [2.05, 4.69) is 36.8 Å². The number of thiocarbonyl (C=S) groups is 1. The van der Waals surface area contributed by atoms with Crippen LogP contribution >= 0.6 is 12.2 Å². The van der Waals surface area contributed by atoms with Gasteiger partial charge in [-0.3, -0.25) is 9.58 Å². The molecule has 0 radical (unpaired) electrons. The summed E-state index contributed by atoms with van der Waals surface area (Å²) in [5, 5.41) is 4.48. The third-order valence-corrected chi connectivity index (χ3v) is 3.33. The molecule has 1 heterocycles. The van der Waals surface area contributed by atoms with Gasteiger partial charge in [-0.1, -0.05) is 19.1 Å². The second-order valence-corrected chi connectivity index (χ2v) is 5.41. The third-order valence-electron chi connectivity index (χ3n) is 3.13. The number of hydrogen-bond acceptors (Lipinski definition) is 3. The van der Waals surface area contributed by atoms with Crippen LogP contribution in [-0.4, -0.2) is 32.3 Å². The van der Waals surface area contributed by atoms with Crippen LogP contribution in [0.2, 0.25) is 0 Å². The van der Waals surface area contributed by atoms with E-state index in [1.54, 1.807) is 0 Å². The van der Waals surface area contributed by atoms with Crippen LogP contribution in [-0.2, 0) is 20.0 Å². The molecule has 1 rings (SSSR count). The molecule has 0 amide bonds. The average Bonchev–Trinajstić information content (AvgIpc) is 2.64. The van der Waals surface area contributed by atoms with Crippen molar-refractivity contribution in [1.29, 1.82) is 0 Å². The number of nitrogens with two attached hydrogens (primary N) is 1. The second kappa shape index (κ2) is 6.85. The standard InChI is InChI=1S/C13H24N4S/c1-5-11-8-12(16(4)15-11)9-17(10(2)3)7-6-13(14)18/h8,10H,5-7,9H2,1-4H3,(H2,14,18). The first-order valence-electron chi connectivity index (χ1n) is 6.48. The lowest BCUT2D eigenvalue weighted by Crippen LogP contribution is -2.33. The van der Waals surface area contributed by atoms with Crippen LogP contribution in [0.4, 0.5) is 0 Å². The van der Waals surface area contributed by atoms with Crippen LogP contribution in [0.3, 0.4) is 0 Å². The van der Waals surface area contributed by atoms with Crippen LogP contribution in [0.25, 0.3) is 0 Å². The van der Waals surface area contributed by atoms with Gasteiger partial charge >= 0.3 is 0 Å². The van der Waals surface area contributed by atoms with Gasteiger partial charge < -0.3 is 5.73 Å². The van der Waals surface area contributed by atoms with Gasteiger partial charge in [0.2, 0.25) is 0 Å². The van der Waals surface area contributed by atoms with E-state index < -0.39 is 0 Å². The molecule has 0 saturated carbocycles. The van der Waals surface area contributed by atoms with Crippen molar-refractivity contribution in [2.75, 3.05) is 6.54 Å². The van der Waals surface area contributed by atoms with Crippen molar-refractivity contribution in [1.82, 2.24) is 14.7 Å². The van der Waals surface area contributed by atoms with E-state index in [1.165, 1.54) is 5.69 Å². The Kier molecular flexibility index (Phi) is 5.75. The lowest BCUT2D eigenvalue weighted by molar-refractivity contribution is 0.214. The minimum Gasteiger partial charge on any atom is -0.393 e. The predicted octanol–water partition coefficient (Wildman–Crippen LogP) is 1.87. The zero-order valence-electron chi connectivity index (χ0n) is 11.8. The van der Waals surface area contributed by atoms with E-state index >= 15 is 0 Å². The first-order valence-corrected chi connectivity index (χ1v) is 6.89. The van der Waals surface area contributed by atoms with Crippen molar-refractivity contribution in [3.05, 3.63) is 17.5 Å². The Bertz CT molecular complexity index is 398. The molecule has 0 aromatic carbocycles. The smallest absolute Gasteiger partial charge is 0.0740 e. The molecular weight excluding hydrogens is 244 g/mol. The highest BCUT2D eigenvalue weighted by atomic mass is 32.1. The van der Waals surface area contributed by atoms with Gasteiger partial charge in [0.05, 0.1) is 16.4 Å². The molecule has 1 aromatic heterocycles. The minimum absolute atomic E-state index is 0.472. The van der Waals surface area contributed by atoms with Crippen molar-refractivity contribution >= 4 is 17.2 Å². The maximum atomic E-state index is 5.58. The predicted molar refractivity (Wildman–Crippen MR) is 79.5 cm³/mol. The fourth-order valence-corrected chi connectivity index (χ4v) is 1.97. The summed E-state index contributed by atoms with van der Waals surface area (Å²) in [5.74, 6) is 0. The van der Waals surface area contributed by atoms with Crippen LogP contribution in [0.1, 0.15) is 38.6 Å². The van der Waals surface area contributed by atoms with E-state index in [0.717, 1.165) is 31.6 Å². The SMILES string of the molecule is CCc1cc(CN(CCC(N)=S)C(C)C)n(C)n1. The summed E-state index contributed by atoms with van der Waals surface area (Å²) in [6, 6.07) is 2.65. The summed E-state index contributed by atoms with van der Waals surface area (Å²) in [5.41, 5.74) is 7.96. The molecule has 0 aliphatic rings. The van der Waals surface area contributed by atoms with Gasteiger partial charge in [0.25, 0.3) is 0 Å². The summed E-state index contributed by atoms with van der Waals surface area (Å²) < 4.78 is 1.97. The summed E-state index contributed by atoms with van der Waals surface area (Å²) in [6.07, 6.45) is 1.74. The zero-order chi connectivity index (χ0) is 13.7. The first-order chi connectivity index (χ1) is 8.43. The quantitative estimate of drug-likeness (QED) is 0.767. The van der Waals surface area contributed by atoms with Crippen molar-refractivity contribution in [2.45, 2.75) is 46.2 Å². The lowest BCUT2D eigenvalue weighted by atomic mass is 10.2. The highest BCUT2D eigenvalue weighted by Crippen LogP contribution is 2.10. The third kappa shape index (κ3) is 4.38. The Balaban J connectivity index is 2.70. The van der Waals surface area contributed by atoms with Gasteiger partial charge in [-0.25, -0.2) is 0 Å². The van der Waals surface area contributed by atoms with E-state index in [-0.39, 0.29) is 0 Å². The molecule has 0 spiro atoms.